The third-order valence-corrected chi connectivity index (χ3v) is 2.66. The number of ether oxygens (including phenoxy) is 1. The van der Waals surface area contributed by atoms with Crippen LogP contribution in [0, 0.1) is 11.8 Å². The van der Waals surface area contributed by atoms with Crippen LogP contribution in [0.5, 0.6) is 0 Å². The molecule has 0 aromatic heterocycles. The molecule has 0 heterocycles. The standard InChI is InChI=1S/C14H30N2O2/c1-11(2)9-16(10-12(3)4)14(17)13(15)7-6-8-18-5/h11-13H,6-10,15H2,1-5H3. The van der Waals surface area contributed by atoms with E-state index in [-0.39, 0.29) is 5.91 Å². The zero-order chi connectivity index (χ0) is 14.1. The molecule has 0 saturated carbocycles. The second kappa shape index (κ2) is 9.34. The first-order chi connectivity index (χ1) is 8.38. The van der Waals surface area contributed by atoms with Crippen LogP contribution in [-0.2, 0) is 9.53 Å². The van der Waals surface area contributed by atoms with Gasteiger partial charge in [0.1, 0.15) is 0 Å². The molecule has 2 N–H and O–H groups in total. The van der Waals surface area contributed by atoms with Crippen molar-refractivity contribution < 1.29 is 9.53 Å². The molecule has 0 aromatic rings. The van der Waals surface area contributed by atoms with Crippen molar-refractivity contribution in [3.05, 3.63) is 0 Å². The lowest BCUT2D eigenvalue weighted by atomic mass is 10.1. The number of nitrogens with two attached hydrogens (primary N) is 1. The highest BCUT2D eigenvalue weighted by Gasteiger charge is 2.21. The number of hydrogen-bond acceptors (Lipinski definition) is 3. The van der Waals surface area contributed by atoms with Gasteiger partial charge in [0.25, 0.3) is 0 Å². The largest absolute Gasteiger partial charge is 0.385 e. The Bertz CT molecular complexity index is 220. The van der Waals surface area contributed by atoms with Crippen LogP contribution >= 0.6 is 0 Å². The highest BCUT2D eigenvalue weighted by Crippen LogP contribution is 2.08. The van der Waals surface area contributed by atoms with Gasteiger partial charge in [-0.25, -0.2) is 0 Å². The van der Waals surface area contributed by atoms with Gasteiger partial charge in [0, 0.05) is 26.8 Å². The quantitative estimate of drug-likeness (QED) is 0.642. The van der Waals surface area contributed by atoms with Gasteiger partial charge in [-0.05, 0) is 24.7 Å². The summed E-state index contributed by atoms with van der Waals surface area (Å²) in [5.74, 6) is 1.02. The van der Waals surface area contributed by atoms with Crippen molar-refractivity contribution in [2.75, 3.05) is 26.8 Å². The molecule has 0 fully saturated rings. The van der Waals surface area contributed by atoms with E-state index < -0.39 is 6.04 Å². The number of carbonyl (C=O) groups excluding carboxylic acids is 1. The molecule has 18 heavy (non-hydrogen) atoms. The van der Waals surface area contributed by atoms with Gasteiger partial charge in [-0.2, -0.15) is 0 Å². The third kappa shape index (κ3) is 7.67. The average molecular weight is 258 g/mol. The number of amides is 1. The van der Waals surface area contributed by atoms with Gasteiger partial charge in [0.15, 0.2) is 0 Å². The Hall–Kier alpha value is -0.610. The minimum atomic E-state index is -0.391. The van der Waals surface area contributed by atoms with Crippen LogP contribution in [-0.4, -0.2) is 43.7 Å². The number of rotatable bonds is 9. The van der Waals surface area contributed by atoms with Gasteiger partial charge in [-0.15, -0.1) is 0 Å². The number of methoxy groups -OCH3 is 1. The summed E-state index contributed by atoms with van der Waals surface area (Å²) in [5.41, 5.74) is 5.96. The molecule has 0 rings (SSSR count). The van der Waals surface area contributed by atoms with Crippen molar-refractivity contribution in [2.45, 2.75) is 46.6 Å². The summed E-state index contributed by atoms with van der Waals surface area (Å²) in [5, 5.41) is 0. The fraction of sp³-hybridized carbons (Fsp3) is 0.929. The Morgan fingerprint density at radius 2 is 1.67 bits per heavy atom. The van der Waals surface area contributed by atoms with E-state index in [9.17, 15) is 4.79 Å². The number of nitrogens with zero attached hydrogens (tertiary/aromatic N) is 1. The van der Waals surface area contributed by atoms with E-state index in [0.29, 0.717) is 24.9 Å². The molecule has 1 atom stereocenters. The van der Waals surface area contributed by atoms with Gasteiger partial charge in [-0.1, -0.05) is 27.7 Å². The predicted octanol–water partition coefficient (Wildman–Crippen LogP) is 1.88. The van der Waals surface area contributed by atoms with E-state index in [2.05, 4.69) is 27.7 Å². The summed E-state index contributed by atoms with van der Waals surface area (Å²) >= 11 is 0. The monoisotopic (exact) mass is 258 g/mol. The minimum absolute atomic E-state index is 0.0773. The van der Waals surface area contributed by atoms with Crippen molar-refractivity contribution in [1.82, 2.24) is 4.90 Å². The van der Waals surface area contributed by atoms with Crippen LogP contribution in [0.15, 0.2) is 0 Å². The van der Waals surface area contributed by atoms with E-state index in [1.165, 1.54) is 0 Å². The highest BCUT2D eigenvalue weighted by atomic mass is 16.5. The Morgan fingerprint density at radius 3 is 2.06 bits per heavy atom. The Labute approximate surface area is 112 Å². The Balaban J connectivity index is 4.33. The lowest BCUT2D eigenvalue weighted by Crippen LogP contribution is -2.46. The lowest BCUT2D eigenvalue weighted by Gasteiger charge is -2.29. The first-order valence-electron chi connectivity index (χ1n) is 6.91. The summed E-state index contributed by atoms with van der Waals surface area (Å²) in [7, 11) is 1.66. The van der Waals surface area contributed by atoms with Gasteiger partial charge >= 0.3 is 0 Å². The van der Waals surface area contributed by atoms with Crippen LogP contribution in [0.4, 0.5) is 0 Å². The zero-order valence-corrected chi connectivity index (χ0v) is 12.6. The van der Waals surface area contributed by atoms with Crippen LogP contribution in [0.1, 0.15) is 40.5 Å². The van der Waals surface area contributed by atoms with Gasteiger partial charge in [-0.3, -0.25) is 4.79 Å². The molecule has 108 valence electrons. The lowest BCUT2D eigenvalue weighted by molar-refractivity contribution is -0.133. The molecule has 0 radical (unpaired) electrons. The molecule has 0 aliphatic carbocycles. The van der Waals surface area contributed by atoms with E-state index in [4.69, 9.17) is 10.5 Å². The molecule has 1 unspecified atom stereocenters. The van der Waals surface area contributed by atoms with Crippen LogP contribution in [0.25, 0.3) is 0 Å². The van der Waals surface area contributed by atoms with Gasteiger partial charge in [0.05, 0.1) is 6.04 Å². The maximum Gasteiger partial charge on any atom is 0.239 e. The maximum absolute atomic E-state index is 12.3. The average Bonchev–Trinajstić information content (AvgIpc) is 2.26. The second-order valence-electron chi connectivity index (χ2n) is 5.77. The molecule has 0 aliphatic rings. The number of carbonyl (C=O) groups is 1. The maximum atomic E-state index is 12.3. The smallest absolute Gasteiger partial charge is 0.239 e. The van der Waals surface area contributed by atoms with E-state index in [0.717, 1.165) is 19.5 Å². The fourth-order valence-electron chi connectivity index (χ4n) is 1.94. The Kier molecular flexibility index (Phi) is 9.02. The second-order valence-corrected chi connectivity index (χ2v) is 5.77. The van der Waals surface area contributed by atoms with Gasteiger partial charge < -0.3 is 15.4 Å². The van der Waals surface area contributed by atoms with Crippen molar-refractivity contribution in [2.24, 2.45) is 17.6 Å². The fourth-order valence-corrected chi connectivity index (χ4v) is 1.94. The molecule has 4 heteroatoms. The normalized spacial score (nSPS) is 13.1. The first-order valence-corrected chi connectivity index (χ1v) is 6.91. The summed E-state index contributed by atoms with van der Waals surface area (Å²) in [4.78, 5) is 14.2. The first kappa shape index (κ1) is 17.4. The van der Waals surface area contributed by atoms with Crippen molar-refractivity contribution >= 4 is 5.91 Å². The summed E-state index contributed by atoms with van der Waals surface area (Å²) < 4.78 is 4.98. The van der Waals surface area contributed by atoms with Crippen LogP contribution in [0.2, 0.25) is 0 Å². The molecule has 4 nitrogen and oxygen atoms in total. The molecule has 1 amide bonds. The molecule has 0 spiro atoms. The molecular formula is C14H30N2O2. The summed E-state index contributed by atoms with van der Waals surface area (Å²) in [6, 6.07) is -0.391. The summed E-state index contributed by atoms with van der Waals surface area (Å²) in [6.07, 6.45) is 1.53. The van der Waals surface area contributed by atoms with E-state index in [1.807, 2.05) is 4.90 Å². The van der Waals surface area contributed by atoms with Crippen molar-refractivity contribution in [3.8, 4) is 0 Å². The minimum Gasteiger partial charge on any atom is -0.385 e. The molecule has 0 bridgehead atoms. The molecule has 0 saturated heterocycles. The Morgan fingerprint density at radius 1 is 1.17 bits per heavy atom. The van der Waals surface area contributed by atoms with Gasteiger partial charge in [0.2, 0.25) is 5.91 Å². The highest BCUT2D eigenvalue weighted by molar-refractivity contribution is 5.81. The molecule has 0 aromatic carbocycles. The molecular weight excluding hydrogens is 228 g/mol. The van der Waals surface area contributed by atoms with E-state index >= 15 is 0 Å². The van der Waals surface area contributed by atoms with Crippen LogP contribution < -0.4 is 5.73 Å². The third-order valence-electron chi connectivity index (χ3n) is 2.66. The summed E-state index contributed by atoms with van der Waals surface area (Å²) in [6.45, 7) is 10.7. The zero-order valence-electron chi connectivity index (χ0n) is 12.6. The van der Waals surface area contributed by atoms with Crippen molar-refractivity contribution in [3.63, 3.8) is 0 Å². The van der Waals surface area contributed by atoms with E-state index in [1.54, 1.807) is 7.11 Å². The van der Waals surface area contributed by atoms with Crippen LogP contribution in [0.3, 0.4) is 0 Å². The van der Waals surface area contributed by atoms with Crippen molar-refractivity contribution in [1.29, 1.82) is 0 Å². The number of hydrogen-bond donors (Lipinski definition) is 1. The molecule has 0 aliphatic heterocycles. The SMILES string of the molecule is COCCCC(N)C(=O)N(CC(C)C)CC(C)C. The topological polar surface area (TPSA) is 55.6 Å². The predicted molar refractivity (Wildman–Crippen MR) is 75.3 cm³/mol.